The first-order valence-electron chi connectivity index (χ1n) is 5.00. The summed E-state index contributed by atoms with van der Waals surface area (Å²) in [6.45, 7) is 2.18. The van der Waals surface area contributed by atoms with E-state index in [0.717, 1.165) is 5.92 Å². The van der Waals surface area contributed by atoms with Crippen LogP contribution in [0.3, 0.4) is 0 Å². The lowest BCUT2D eigenvalue weighted by Crippen LogP contribution is -2.31. The molecular weight excluding hydrogens is 198 g/mol. The molecule has 0 aliphatic heterocycles. The van der Waals surface area contributed by atoms with Gasteiger partial charge in [0.1, 0.15) is 0 Å². The van der Waals surface area contributed by atoms with Crippen molar-refractivity contribution in [3.05, 3.63) is 17.5 Å². The Morgan fingerprint density at radius 2 is 2.14 bits per heavy atom. The third-order valence-electron chi connectivity index (χ3n) is 2.87. The zero-order valence-electron chi connectivity index (χ0n) is 8.20. The van der Waals surface area contributed by atoms with Crippen molar-refractivity contribution in [2.24, 2.45) is 5.92 Å². The topological polar surface area (TPSA) is 37.8 Å². The fraction of sp³-hybridized carbons (Fsp3) is 0.600. The van der Waals surface area contributed by atoms with Crippen molar-refractivity contribution < 1.29 is 0 Å². The number of halogens is 1. The summed E-state index contributed by atoms with van der Waals surface area (Å²) in [6.07, 6.45) is 7.23. The number of nitrogens with one attached hydrogen (secondary N) is 1. The largest absolute Gasteiger partial charge is 0.365 e. The van der Waals surface area contributed by atoms with Gasteiger partial charge < -0.3 is 5.32 Å². The second-order valence-electron chi connectivity index (χ2n) is 3.82. The molecule has 1 unspecified atom stereocenters. The molecule has 4 heteroatoms. The molecule has 1 saturated carbocycles. The highest BCUT2D eigenvalue weighted by atomic mass is 35.5. The smallest absolute Gasteiger partial charge is 0.171 e. The SMILES string of the molecule is CC(Nc1nccnc1Cl)C1CCC1. The van der Waals surface area contributed by atoms with Gasteiger partial charge in [0.25, 0.3) is 0 Å². The van der Waals surface area contributed by atoms with Crippen LogP contribution in [0, 0.1) is 5.92 Å². The van der Waals surface area contributed by atoms with Crippen molar-refractivity contribution in [2.45, 2.75) is 32.2 Å². The Labute approximate surface area is 88.9 Å². The van der Waals surface area contributed by atoms with Gasteiger partial charge in [-0.2, -0.15) is 0 Å². The summed E-state index contributed by atoms with van der Waals surface area (Å²) < 4.78 is 0. The first kappa shape index (κ1) is 9.71. The maximum absolute atomic E-state index is 5.90. The number of anilines is 1. The van der Waals surface area contributed by atoms with Crippen LogP contribution in [0.15, 0.2) is 12.4 Å². The highest BCUT2D eigenvalue weighted by Gasteiger charge is 2.24. The van der Waals surface area contributed by atoms with Crippen LogP contribution in [0.25, 0.3) is 0 Å². The molecule has 0 bridgehead atoms. The van der Waals surface area contributed by atoms with Crippen molar-refractivity contribution in [1.82, 2.24) is 9.97 Å². The van der Waals surface area contributed by atoms with E-state index in [1.54, 1.807) is 12.4 Å². The van der Waals surface area contributed by atoms with Gasteiger partial charge in [0.15, 0.2) is 11.0 Å². The first-order chi connectivity index (χ1) is 6.77. The zero-order valence-corrected chi connectivity index (χ0v) is 8.96. The van der Waals surface area contributed by atoms with E-state index in [-0.39, 0.29) is 0 Å². The van der Waals surface area contributed by atoms with Crippen LogP contribution in [-0.4, -0.2) is 16.0 Å². The van der Waals surface area contributed by atoms with Gasteiger partial charge in [-0.15, -0.1) is 0 Å². The number of aromatic nitrogens is 2. The molecule has 0 radical (unpaired) electrons. The van der Waals surface area contributed by atoms with Crippen LogP contribution >= 0.6 is 11.6 Å². The molecule has 1 atom stereocenters. The molecule has 1 aliphatic rings. The molecule has 1 fully saturated rings. The van der Waals surface area contributed by atoms with E-state index in [9.17, 15) is 0 Å². The van der Waals surface area contributed by atoms with E-state index in [0.29, 0.717) is 17.0 Å². The van der Waals surface area contributed by atoms with Crippen molar-refractivity contribution >= 4 is 17.4 Å². The highest BCUT2D eigenvalue weighted by molar-refractivity contribution is 6.31. The first-order valence-corrected chi connectivity index (χ1v) is 5.38. The van der Waals surface area contributed by atoms with Gasteiger partial charge in [-0.1, -0.05) is 18.0 Å². The van der Waals surface area contributed by atoms with E-state index in [1.807, 2.05) is 0 Å². The average Bonchev–Trinajstić information content (AvgIpc) is 2.05. The van der Waals surface area contributed by atoms with E-state index >= 15 is 0 Å². The van der Waals surface area contributed by atoms with Crippen molar-refractivity contribution in [1.29, 1.82) is 0 Å². The van der Waals surface area contributed by atoms with Crippen LogP contribution in [0.4, 0.5) is 5.82 Å². The fourth-order valence-electron chi connectivity index (χ4n) is 1.69. The molecule has 1 aromatic rings. The van der Waals surface area contributed by atoms with Crippen molar-refractivity contribution in [2.75, 3.05) is 5.32 Å². The number of hydrogen-bond donors (Lipinski definition) is 1. The minimum Gasteiger partial charge on any atom is -0.365 e. The number of hydrogen-bond acceptors (Lipinski definition) is 3. The predicted molar refractivity (Wildman–Crippen MR) is 57.5 cm³/mol. The number of rotatable bonds is 3. The van der Waals surface area contributed by atoms with Gasteiger partial charge in [-0.25, -0.2) is 9.97 Å². The van der Waals surface area contributed by atoms with Crippen LogP contribution in [0.2, 0.25) is 5.15 Å². The number of nitrogens with zero attached hydrogens (tertiary/aromatic N) is 2. The third-order valence-corrected chi connectivity index (χ3v) is 3.15. The second-order valence-corrected chi connectivity index (χ2v) is 4.18. The van der Waals surface area contributed by atoms with Gasteiger partial charge in [0.05, 0.1) is 0 Å². The lowest BCUT2D eigenvalue weighted by atomic mass is 9.80. The maximum Gasteiger partial charge on any atom is 0.171 e. The Kier molecular flexibility index (Phi) is 2.87. The summed E-state index contributed by atoms with van der Waals surface area (Å²) in [5.74, 6) is 1.47. The summed E-state index contributed by atoms with van der Waals surface area (Å²) in [4.78, 5) is 8.13. The van der Waals surface area contributed by atoms with E-state index in [2.05, 4.69) is 22.2 Å². The van der Waals surface area contributed by atoms with E-state index in [1.165, 1.54) is 19.3 Å². The highest BCUT2D eigenvalue weighted by Crippen LogP contribution is 2.31. The Bertz CT molecular complexity index is 312. The average molecular weight is 212 g/mol. The Morgan fingerprint density at radius 3 is 2.71 bits per heavy atom. The van der Waals surface area contributed by atoms with Gasteiger partial charge in [-0.3, -0.25) is 0 Å². The molecule has 1 aliphatic carbocycles. The summed E-state index contributed by atoms with van der Waals surface area (Å²) in [6, 6.07) is 0.443. The molecule has 0 saturated heterocycles. The predicted octanol–water partition coefficient (Wildman–Crippen LogP) is 2.73. The maximum atomic E-state index is 5.90. The molecule has 1 N–H and O–H groups in total. The van der Waals surface area contributed by atoms with Crippen LogP contribution < -0.4 is 5.32 Å². The van der Waals surface area contributed by atoms with Crippen molar-refractivity contribution in [3.8, 4) is 0 Å². The quantitative estimate of drug-likeness (QED) is 0.836. The molecule has 3 nitrogen and oxygen atoms in total. The lowest BCUT2D eigenvalue weighted by Gasteiger charge is -2.32. The lowest BCUT2D eigenvalue weighted by molar-refractivity contribution is 0.285. The van der Waals surface area contributed by atoms with E-state index < -0.39 is 0 Å². The van der Waals surface area contributed by atoms with Crippen LogP contribution in [-0.2, 0) is 0 Å². The molecule has 1 heterocycles. The summed E-state index contributed by atoms with van der Waals surface area (Å²) >= 11 is 5.90. The molecule has 0 spiro atoms. The van der Waals surface area contributed by atoms with Crippen LogP contribution in [0.5, 0.6) is 0 Å². The molecule has 1 aromatic heterocycles. The minimum atomic E-state index is 0.443. The Hall–Kier alpha value is -0.830. The van der Waals surface area contributed by atoms with E-state index in [4.69, 9.17) is 11.6 Å². The summed E-state index contributed by atoms with van der Waals surface area (Å²) in [5.41, 5.74) is 0. The molecule has 2 rings (SSSR count). The van der Waals surface area contributed by atoms with Gasteiger partial charge in [0.2, 0.25) is 0 Å². The van der Waals surface area contributed by atoms with Gasteiger partial charge in [-0.05, 0) is 25.7 Å². The fourth-order valence-corrected chi connectivity index (χ4v) is 1.85. The van der Waals surface area contributed by atoms with Crippen LogP contribution in [0.1, 0.15) is 26.2 Å². The molecule has 0 amide bonds. The summed E-state index contributed by atoms with van der Waals surface area (Å²) in [5, 5.41) is 3.76. The summed E-state index contributed by atoms with van der Waals surface area (Å²) in [7, 11) is 0. The third kappa shape index (κ3) is 1.98. The minimum absolute atomic E-state index is 0.443. The normalized spacial score (nSPS) is 18.7. The monoisotopic (exact) mass is 211 g/mol. The standard InChI is InChI=1S/C10H14ClN3/c1-7(8-3-2-4-8)14-10-9(11)12-5-6-13-10/h5-8H,2-4H2,1H3,(H,13,14). The second kappa shape index (κ2) is 4.13. The van der Waals surface area contributed by atoms with Gasteiger partial charge >= 0.3 is 0 Å². The van der Waals surface area contributed by atoms with Crippen molar-refractivity contribution in [3.63, 3.8) is 0 Å². The zero-order chi connectivity index (χ0) is 9.97. The molecule has 0 aromatic carbocycles. The molecule has 14 heavy (non-hydrogen) atoms. The Balaban J connectivity index is 1.99. The molecular formula is C10H14ClN3. The van der Waals surface area contributed by atoms with Gasteiger partial charge in [0, 0.05) is 18.4 Å². The Morgan fingerprint density at radius 1 is 1.43 bits per heavy atom. The molecule has 76 valence electrons.